The molecule has 3 N–H and O–H groups in total. The lowest BCUT2D eigenvalue weighted by Gasteiger charge is -2.37. The van der Waals surface area contributed by atoms with Gasteiger partial charge in [0.05, 0.1) is 11.2 Å². The Bertz CT molecular complexity index is 666. The van der Waals surface area contributed by atoms with Crippen molar-refractivity contribution in [1.82, 2.24) is 0 Å². The third-order valence-electron chi connectivity index (χ3n) is 4.26. The lowest BCUT2D eigenvalue weighted by atomic mass is 9.82. The maximum Gasteiger partial charge on any atom is 0.333 e. The van der Waals surface area contributed by atoms with Crippen molar-refractivity contribution in [3.05, 3.63) is 54.1 Å². The highest BCUT2D eigenvalue weighted by molar-refractivity contribution is 6.49. The van der Waals surface area contributed by atoms with Crippen LogP contribution in [0.1, 0.15) is 33.3 Å². The number of nitrogen functional groups attached to an aromatic ring is 1. The molecule has 0 aliphatic rings. The second kappa shape index (κ2) is 7.28. The summed E-state index contributed by atoms with van der Waals surface area (Å²) in [6.07, 6.45) is 0. The quantitative estimate of drug-likeness (QED) is 0.606. The minimum absolute atomic E-state index is 0.492. The van der Waals surface area contributed by atoms with Gasteiger partial charge in [-0.3, -0.25) is 0 Å². The van der Waals surface area contributed by atoms with E-state index in [1.54, 1.807) is 27.4 Å². The van der Waals surface area contributed by atoms with Crippen molar-refractivity contribution in [2.75, 3.05) is 5.73 Å². The van der Waals surface area contributed by atoms with Crippen LogP contribution in [0.4, 0.5) is 5.69 Å². The molecule has 0 saturated heterocycles. The van der Waals surface area contributed by atoms with Gasteiger partial charge in [-0.2, -0.15) is 0 Å². The zero-order valence-corrected chi connectivity index (χ0v) is 14.7. The lowest BCUT2D eigenvalue weighted by molar-refractivity contribution is -0.0893. The van der Waals surface area contributed by atoms with E-state index < -0.39 is 11.2 Å². The fourth-order valence-electron chi connectivity index (χ4n) is 1.85. The number of anilines is 1. The molecule has 0 aliphatic heterocycles. The van der Waals surface area contributed by atoms with Crippen LogP contribution in [-0.4, -0.2) is 23.8 Å². The predicted octanol–water partition coefficient (Wildman–Crippen LogP) is 2.66. The summed E-state index contributed by atoms with van der Waals surface area (Å²) in [7, 11) is 1.58. The molecule has 2 rings (SSSR count). The summed E-state index contributed by atoms with van der Waals surface area (Å²) in [5, 5.41) is 10.1. The van der Waals surface area contributed by atoms with Crippen molar-refractivity contribution < 1.29 is 14.5 Å². The van der Waals surface area contributed by atoms with Crippen LogP contribution >= 0.6 is 0 Å². The van der Waals surface area contributed by atoms with Crippen molar-refractivity contribution in [2.24, 2.45) is 0 Å². The molecule has 4 nitrogen and oxygen atoms in total. The van der Waals surface area contributed by atoms with Crippen LogP contribution in [0.25, 0.3) is 0 Å². The number of hydrogen-bond acceptors (Lipinski definition) is 4. The Hall–Kier alpha value is -1.98. The van der Waals surface area contributed by atoms with Crippen molar-refractivity contribution in [1.29, 1.82) is 0 Å². The van der Waals surface area contributed by atoms with Gasteiger partial charge in [-0.05, 0) is 44.8 Å². The highest BCUT2D eigenvalue weighted by atomic mass is 16.5. The molecule has 2 aromatic carbocycles. The van der Waals surface area contributed by atoms with E-state index in [1.165, 1.54) is 0 Å². The van der Waals surface area contributed by atoms with Crippen LogP contribution in [0.15, 0.2) is 48.5 Å². The SMILES string of the molecule is CC(C)(O)C(C)(C)O[B]c1ccc(OCc2ccccc2)cc1N. The molecule has 5 heteroatoms. The van der Waals surface area contributed by atoms with Crippen LogP contribution in [0, 0.1) is 0 Å². The van der Waals surface area contributed by atoms with Crippen molar-refractivity contribution in [2.45, 2.75) is 45.5 Å². The average Bonchev–Trinajstić information content (AvgIpc) is 2.52. The summed E-state index contributed by atoms with van der Waals surface area (Å²) in [5.74, 6) is 0.704. The summed E-state index contributed by atoms with van der Waals surface area (Å²) in [5.41, 5.74) is 6.78. The fraction of sp³-hybridized carbons (Fsp3) is 0.368. The van der Waals surface area contributed by atoms with Crippen LogP contribution in [0.5, 0.6) is 5.75 Å². The molecule has 0 aliphatic carbocycles. The van der Waals surface area contributed by atoms with Crippen molar-refractivity contribution in [3.63, 3.8) is 0 Å². The molecule has 0 bridgehead atoms. The Balaban J connectivity index is 1.97. The van der Waals surface area contributed by atoms with Gasteiger partial charge in [-0.1, -0.05) is 36.4 Å². The number of rotatable bonds is 7. The maximum absolute atomic E-state index is 10.1. The number of benzene rings is 2. The van der Waals surface area contributed by atoms with E-state index in [4.69, 9.17) is 15.1 Å². The van der Waals surface area contributed by atoms with Gasteiger partial charge >= 0.3 is 7.48 Å². The highest BCUT2D eigenvalue weighted by Gasteiger charge is 2.35. The van der Waals surface area contributed by atoms with Gasteiger partial charge in [0, 0.05) is 11.8 Å². The van der Waals surface area contributed by atoms with Gasteiger partial charge in [-0.15, -0.1) is 0 Å². The predicted molar refractivity (Wildman–Crippen MR) is 98.5 cm³/mol. The lowest BCUT2D eigenvalue weighted by Crippen LogP contribution is -2.49. The van der Waals surface area contributed by atoms with Gasteiger partial charge in [-0.25, -0.2) is 0 Å². The Labute approximate surface area is 144 Å². The van der Waals surface area contributed by atoms with E-state index in [0.717, 1.165) is 11.0 Å². The minimum atomic E-state index is -0.975. The molecule has 0 atom stereocenters. The molecule has 0 aromatic heterocycles. The molecule has 0 saturated carbocycles. The van der Waals surface area contributed by atoms with E-state index >= 15 is 0 Å². The summed E-state index contributed by atoms with van der Waals surface area (Å²) in [6, 6.07) is 15.4. The van der Waals surface area contributed by atoms with Gasteiger partial charge < -0.3 is 20.2 Å². The summed E-state index contributed by atoms with van der Waals surface area (Å²) >= 11 is 0. The largest absolute Gasteiger partial charge is 0.489 e. The normalized spacial score (nSPS) is 12.0. The third kappa shape index (κ3) is 4.76. The molecule has 0 spiro atoms. The van der Waals surface area contributed by atoms with Crippen LogP contribution in [0.3, 0.4) is 0 Å². The second-order valence-corrected chi connectivity index (χ2v) is 6.87. The summed E-state index contributed by atoms with van der Waals surface area (Å²) in [4.78, 5) is 0. The van der Waals surface area contributed by atoms with Crippen molar-refractivity contribution in [3.8, 4) is 5.75 Å². The summed E-state index contributed by atoms with van der Waals surface area (Å²) < 4.78 is 11.5. The number of ether oxygens (including phenoxy) is 1. The first-order valence-corrected chi connectivity index (χ1v) is 7.99. The first kappa shape index (κ1) is 18.4. The van der Waals surface area contributed by atoms with Gasteiger partial charge in [0.1, 0.15) is 12.4 Å². The smallest absolute Gasteiger partial charge is 0.333 e. The van der Waals surface area contributed by atoms with E-state index in [2.05, 4.69) is 0 Å². The molecule has 0 unspecified atom stereocenters. The Kier molecular flexibility index (Phi) is 5.57. The van der Waals surface area contributed by atoms with E-state index in [-0.39, 0.29) is 0 Å². The van der Waals surface area contributed by atoms with Crippen molar-refractivity contribution >= 4 is 18.6 Å². The second-order valence-electron chi connectivity index (χ2n) is 6.87. The topological polar surface area (TPSA) is 64.7 Å². The Morgan fingerprint density at radius 1 is 1.04 bits per heavy atom. The maximum atomic E-state index is 10.1. The molecule has 127 valence electrons. The molecule has 2 aromatic rings. The highest BCUT2D eigenvalue weighted by Crippen LogP contribution is 2.24. The molecular formula is C19H25BNO3. The molecule has 0 fully saturated rings. The molecule has 1 radical (unpaired) electrons. The van der Waals surface area contributed by atoms with E-state index in [0.29, 0.717) is 18.0 Å². The van der Waals surface area contributed by atoms with E-state index in [1.807, 2.05) is 56.3 Å². The van der Waals surface area contributed by atoms with Gasteiger partial charge in [0.2, 0.25) is 0 Å². The molecule has 24 heavy (non-hydrogen) atoms. The molecular weight excluding hydrogens is 301 g/mol. The zero-order chi connectivity index (χ0) is 17.8. The number of hydrogen-bond donors (Lipinski definition) is 2. The molecule has 0 heterocycles. The average molecular weight is 326 g/mol. The number of nitrogens with two attached hydrogens (primary N) is 1. The fourth-order valence-corrected chi connectivity index (χ4v) is 1.85. The van der Waals surface area contributed by atoms with Crippen LogP contribution < -0.4 is 15.9 Å². The standard InChI is InChI=1S/C19H25BNO3/c1-18(2,22)19(3,4)24-20-16-11-10-15(12-17(16)21)23-13-14-8-6-5-7-9-14/h5-12,22H,13,21H2,1-4H3. The van der Waals surface area contributed by atoms with Gasteiger partial charge in [0.15, 0.2) is 0 Å². The monoisotopic (exact) mass is 326 g/mol. The minimum Gasteiger partial charge on any atom is -0.489 e. The Morgan fingerprint density at radius 2 is 1.71 bits per heavy atom. The zero-order valence-electron chi connectivity index (χ0n) is 14.7. The van der Waals surface area contributed by atoms with Gasteiger partial charge in [0.25, 0.3) is 0 Å². The first-order valence-electron chi connectivity index (χ1n) is 7.99. The third-order valence-corrected chi connectivity index (χ3v) is 4.26. The number of aliphatic hydroxyl groups is 1. The van der Waals surface area contributed by atoms with E-state index in [9.17, 15) is 5.11 Å². The van der Waals surface area contributed by atoms with Crippen LogP contribution in [-0.2, 0) is 11.3 Å². The Morgan fingerprint density at radius 3 is 2.29 bits per heavy atom. The summed E-state index contributed by atoms with van der Waals surface area (Å²) in [6.45, 7) is 7.58. The first-order chi connectivity index (χ1) is 11.2. The van der Waals surface area contributed by atoms with Crippen LogP contribution in [0.2, 0.25) is 0 Å². The molecule has 0 amide bonds.